The van der Waals surface area contributed by atoms with Crippen molar-refractivity contribution in [2.45, 2.75) is 16.6 Å². The van der Waals surface area contributed by atoms with Crippen LogP contribution >= 0.6 is 39.3 Å². The number of thioether (sulfide) groups is 1. The first-order chi connectivity index (χ1) is 24.1. The maximum Gasteiger partial charge on any atom is 0.272 e. The van der Waals surface area contributed by atoms with Crippen LogP contribution in [0.1, 0.15) is 22.3 Å². The summed E-state index contributed by atoms with van der Waals surface area (Å²) in [6.45, 7) is 0. The zero-order valence-corrected chi connectivity index (χ0v) is 29.1. The molecule has 0 aliphatic carbocycles. The van der Waals surface area contributed by atoms with E-state index < -0.39 is 22.9 Å². The smallest absolute Gasteiger partial charge is 0.272 e. The molecule has 1 aliphatic rings. The lowest BCUT2D eigenvalue weighted by Gasteiger charge is -2.16. The molecule has 250 valence electrons. The molecule has 0 aromatic heterocycles. The Bertz CT molecular complexity index is 2110. The predicted octanol–water partition coefficient (Wildman–Crippen LogP) is 8.87. The monoisotopic (exact) mass is 769 g/mol. The van der Waals surface area contributed by atoms with Crippen LogP contribution in [-0.2, 0) is 14.4 Å². The summed E-state index contributed by atoms with van der Waals surface area (Å²) in [6, 6.07) is 32.8. The van der Waals surface area contributed by atoms with Crippen molar-refractivity contribution in [1.29, 1.82) is 0 Å². The summed E-state index contributed by atoms with van der Waals surface area (Å²) in [7, 11) is 0. The Balaban J connectivity index is 1.15. The van der Waals surface area contributed by atoms with Crippen LogP contribution in [0.25, 0.3) is 6.08 Å². The van der Waals surface area contributed by atoms with Gasteiger partial charge < -0.3 is 15.4 Å². The number of amides is 4. The van der Waals surface area contributed by atoms with Gasteiger partial charge >= 0.3 is 0 Å². The lowest BCUT2D eigenvalue weighted by atomic mass is 10.1. The highest BCUT2D eigenvalue weighted by atomic mass is 79.9. The van der Waals surface area contributed by atoms with Crippen LogP contribution < -0.4 is 20.3 Å². The van der Waals surface area contributed by atoms with E-state index in [0.29, 0.717) is 42.8 Å². The second kappa shape index (κ2) is 15.5. The predicted molar refractivity (Wildman–Crippen MR) is 196 cm³/mol. The summed E-state index contributed by atoms with van der Waals surface area (Å²) in [5.74, 6) is -1.43. The van der Waals surface area contributed by atoms with E-state index in [1.54, 1.807) is 103 Å². The maximum atomic E-state index is 14.7. The number of rotatable bonds is 10. The number of carbonyl (C=O) groups is 4. The maximum absolute atomic E-state index is 14.7. The normalized spacial score (nSPS) is 14.4. The third-order valence-corrected chi connectivity index (χ3v) is 9.33. The molecule has 5 aromatic rings. The van der Waals surface area contributed by atoms with Crippen molar-refractivity contribution < 1.29 is 28.3 Å². The summed E-state index contributed by atoms with van der Waals surface area (Å²) in [5, 5.41) is 5.23. The molecule has 1 atom stereocenters. The van der Waals surface area contributed by atoms with Gasteiger partial charge in [0.05, 0.1) is 10.9 Å². The molecule has 4 amide bonds. The highest BCUT2D eigenvalue weighted by Gasteiger charge is 2.40. The van der Waals surface area contributed by atoms with Crippen LogP contribution in [0.5, 0.6) is 11.5 Å². The molecule has 1 saturated heterocycles. The first kappa shape index (κ1) is 34.6. The quantitative estimate of drug-likeness (QED) is 0.109. The standard InChI is InChI=1S/C38H26BrClFN3O5S/c39-25-9-18-32(41)24(19-25)20-33(43-36(46)23-5-2-1-3-6-23)37(47)42-27-7-4-8-31(21-27)50-34-22-35(45)44(38(34)48)28-12-16-30(17-13-28)49-29-14-10-26(40)11-15-29/h1-21,34H,22H2,(H,42,47)(H,43,46)/b33-20-/t34-/m0/s1. The molecular formula is C38H26BrClFN3O5S. The van der Waals surface area contributed by atoms with E-state index in [9.17, 15) is 23.6 Å². The average Bonchev–Trinajstić information content (AvgIpc) is 3.39. The molecule has 1 fully saturated rings. The molecule has 0 radical (unpaired) electrons. The van der Waals surface area contributed by atoms with E-state index in [0.717, 1.165) is 4.90 Å². The van der Waals surface area contributed by atoms with Gasteiger partial charge in [-0.25, -0.2) is 9.29 Å². The van der Waals surface area contributed by atoms with E-state index in [1.807, 2.05) is 0 Å². The third kappa shape index (κ3) is 8.49. The van der Waals surface area contributed by atoms with Crippen LogP contribution in [0.15, 0.2) is 136 Å². The van der Waals surface area contributed by atoms with Gasteiger partial charge in [0.1, 0.15) is 23.0 Å². The highest BCUT2D eigenvalue weighted by molar-refractivity contribution is 9.10. The van der Waals surface area contributed by atoms with Crippen molar-refractivity contribution in [1.82, 2.24) is 5.32 Å². The van der Waals surface area contributed by atoms with Gasteiger partial charge in [-0.15, -0.1) is 11.8 Å². The molecular weight excluding hydrogens is 745 g/mol. The van der Waals surface area contributed by atoms with Crippen LogP contribution in [-0.4, -0.2) is 28.9 Å². The van der Waals surface area contributed by atoms with Gasteiger partial charge in [-0.2, -0.15) is 0 Å². The van der Waals surface area contributed by atoms with Crippen molar-refractivity contribution in [2.75, 3.05) is 10.2 Å². The minimum atomic E-state index is -0.697. The fourth-order valence-electron chi connectivity index (χ4n) is 5.00. The van der Waals surface area contributed by atoms with Gasteiger partial charge in [-0.1, -0.05) is 51.8 Å². The van der Waals surface area contributed by atoms with Crippen molar-refractivity contribution in [3.8, 4) is 11.5 Å². The van der Waals surface area contributed by atoms with E-state index >= 15 is 0 Å². The molecule has 8 nitrogen and oxygen atoms in total. The zero-order chi connectivity index (χ0) is 35.2. The minimum Gasteiger partial charge on any atom is -0.457 e. The fourth-order valence-corrected chi connectivity index (χ4v) is 6.62. The number of hydrogen-bond acceptors (Lipinski definition) is 6. The van der Waals surface area contributed by atoms with Gasteiger partial charge in [0, 0.05) is 37.6 Å². The minimum absolute atomic E-state index is 0.0142. The third-order valence-electron chi connectivity index (χ3n) is 7.41. The van der Waals surface area contributed by atoms with E-state index in [1.165, 1.54) is 36.0 Å². The van der Waals surface area contributed by atoms with Crippen molar-refractivity contribution in [3.05, 3.63) is 153 Å². The molecule has 0 unspecified atom stereocenters. The molecule has 2 N–H and O–H groups in total. The van der Waals surface area contributed by atoms with Gasteiger partial charge in [0.25, 0.3) is 11.8 Å². The number of anilines is 2. The van der Waals surface area contributed by atoms with Crippen LogP contribution in [0, 0.1) is 5.82 Å². The van der Waals surface area contributed by atoms with Crippen molar-refractivity contribution >= 4 is 80.4 Å². The van der Waals surface area contributed by atoms with Crippen molar-refractivity contribution in [2.24, 2.45) is 0 Å². The Morgan fingerprint density at radius 3 is 2.30 bits per heavy atom. The highest BCUT2D eigenvalue weighted by Crippen LogP contribution is 2.36. The second-order valence-corrected chi connectivity index (χ2v) is 13.6. The lowest BCUT2D eigenvalue weighted by Crippen LogP contribution is -2.31. The number of nitrogens with one attached hydrogen (secondary N) is 2. The topological polar surface area (TPSA) is 105 Å². The number of halogens is 3. The number of ether oxygens (including phenoxy) is 1. The Morgan fingerprint density at radius 1 is 0.880 bits per heavy atom. The molecule has 1 heterocycles. The Kier molecular flexibility index (Phi) is 10.8. The number of nitrogens with zero attached hydrogens (tertiary/aromatic N) is 1. The summed E-state index contributed by atoms with van der Waals surface area (Å²) < 4.78 is 21.1. The van der Waals surface area contributed by atoms with Crippen LogP contribution in [0.3, 0.4) is 0 Å². The number of hydrogen-bond donors (Lipinski definition) is 2. The van der Waals surface area contributed by atoms with E-state index in [2.05, 4.69) is 26.6 Å². The molecule has 5 aromatic carbocycles. The van der Waals surface area contributed by atoms with Gasteiger partial charge in [0.15, 0.2) is 0 Å². The molecule has 1 aliphatic heterocycles. The summed E-state index contributed by atoms with van der Waals surface area (Å²) in [4.78, 5) is 54.7. The molecule has 12 heteroatoms. The Morgan fingerprint density at radius 2 is 1.58 bits per heavy atom. The summed E-state index contributed by atoms with van der Waals surface area (Å²) >= 11 is 10.4. The molecule has 0 spiro atoms. The van der Waals surface area contributed by atoms with E-state index in [4.69, 9.17) is 16.3 Å². The molecule has 6 rings (SSSR count). The number of carbonyl (C=O) groups excluding carboxylic acids is 4. The number of imide groups is 1. The first-order valence-electron chi connectivity index (χ1n) is 15.1. The van der Waals surface area contributed by atoms with E-state index in [-0.39, 0.29) is 29.5 Å². The molecule has 0 bridgehead atoms. The van der Waals surface area contributed by atoms with Crippen LogP contribution in [0.4, 0.5) is 15.8 Å². The molecule has 50 heavy (non-hydrogen) atoms. The Hall–Kier alpha value is -5.23. The Labute approximate surface area is 304 Å². The zero-order valence-electron chi connectivity index (χ0n) is 25.9. The second-order valence-electron chi connectivity index (χ2n) is 11.0. The van der Waals surface area contributed by atoms with Gasteiger partial charge in [-0.05, 0) is 103 Å². The molecule has 0 saturated carbocycles. The first-order valence-corrected chi connectivity index (χ1v) is 17.2. The SMILES string of the molecule is O=C(Nc1cccc(S[C@H]2CC(=O)N(c3ccc(Oc4ccc(Cl)cc4)cc3)C2=O)c1)/C(=C/c1cc(Br)ccc1F)NC(=O)c1ccccc1. The summed E-state index contributed by atoms with van der Waals surface area (Å²) in [6.07, 6.45) is 1.24. The van der Waals surface area contributed by atoms with Crippen LogP contribution in [0.2, 0.25) is 5.02 Å². The van der Waals surface area contributed by atoms with Gasteiger partial charge in [0.2, 0.25) is 11.8 Å². The summed E-state index contributed by atoms with van der Waals surface area (Å²) in [5.41, 5.74) is 0.989. The number of benzene rings is 5. The fraction of sp³-hybridized carbons (Fsp3) is 0.0526. The van der Waals surface area contributed by atoms with Gasteiger partial charge in [-0.3, -0.25) is 19.2 Å². The average molecular weight is 771 g/mol. The lowest BCUT2D eigenvalue weighted by molar-refractivity contribution is -0.121. The largest absolute Gasteiger partial charge is 0.457 e. The van der Waals surface area contributed by atoms with Crippen molar-refractivity contribution in [3.63, 3.8) is 0 Å².